The van der Waals surface area contributed by atoms with Crippen molar-refractivity contribution in [3.63, 3.8) is 0 Å². The topological polar surface area (TPSA) is 58.6 Å². The molecule has 2 fully saturated rings. The van der Waals surface area contributed by atoms with Crippen LogP contribution in [0.4, 0.5) is 0 Å². The minimum Gasteiger partial charge on any atom is -0.484 e. The average molecular weight is 373 g/mol. The summed E-state index contributed by atoms with van der Waals surface area (Å²) in [6.45, 7) is 3.35. The van der Waals surface area contributed by atoms with E-state index in [1.54, 1.807) is 0 Å². The molecule has 0 atom stereocenters. The minimum atomic E-state index is -0.00167. The highest BCUT2D eigenvalue weighted by molar-refractivity contribution is 5.80. The highest BCUT2D eigenvalue weighted by atomic mass is 16.5. The van der Waals surface area contributed by atoms with Gasteiger partial charge < -0.3 is 15.0 Å². The Labute approximate surface area is 162 Å². The molecule has 2 amide bonds. The van der Waals surface area contributed by atoms with Crippen LogP contribution in [0.25, 0.3) is 0 Å². The SMILES string of the molecule is Cc1ccc(OCC(=O)N2CCC(C(=O)NC3CCCCCC3)CC2)cc1. The fourth-order valence-electron chi connectivity index (χ4n) is 4.00. The van der Waals surface area contributed by atoms with Gasteiger partial charge in [0.25, 0.3) is 5.91 Å². The Kier molecular flexibility index (Phi) is 7.13. The van der Waals surface area contributed by atoms with E-state index < -0.39 is 0 Å². The molecule has 3 rings (SSSR count). The van der Waals surface area contributed by atoms with E-state index in [1.165, 1.54) is 25.7 Å². The molecule has 0 bridgehead atoms. The van der Waals surface area contributed by atoms with E-state index in [1.807, 2.05) is 36.1 Å². The van der Waals surface area contributed by atoms with Crippen LogP contribution in [0, 0.1) is 12.8 Å². The highest BCUT2D eigenvalue weighted by Crippen LogP contribution is 2.21. The Hall–Kier alpha value is -2.04. The maximum absolute atomic E-state index is 12.6. The van der Waals surface area contributed by atoms with Crippen LogP contribution in [0.5, 0.6) is 5.75 Å². The molecular weight excluding hydrogens is 340 g/mol. The molecule has 1 saturated carbocycles. The van der Waals surface area contributed by atoms with Crippen LogP contribution < -0.4 is 10.1 Å². The minimum absolute atomic E-state index is 0.00167. The number of amides is 2. The molecular formula is C22H32N2O3. The zero-order valence-corrected chi connectivity index (χ0v) is 16.4. The van der Waals surface area contributed by atoms with Gasteiger partial charge in [-0.1, -0.05) is 43.4 Å². The lowest BCUT2D eigenvalue weighted by Crippen LogP contribution is -2.46. The van der Waals surface area contributed by atoms with E-state index in [0.29, 0.717) is 24.9 Å². The van der Waals surface area contributed by atoms with E-state index in [2.05, 4.69) is 5.32 Å². The molecule has 148 valence electrons. The van der Waals surface area contributed by atoms with Gasteiger partial charge in [-0.2, -0.15) is 0 Å². The number of hydrogen-bond donors (Lipinski definition) is 1. The Morgan fingerprint density at radius 2 is 1.63 bits per heavy atom. The van der Waals surface area contributed by atoms with Crippen molar-refractivity contribution in [1.82, 2.24) is 10.2 Å². The van der Waals surface area contributed by atoms with Crippen LogP contribution in [-0.4, -0.2) is 42.5 Å². The first-order valence-corrected chi connectivity index (χ1v) is 10.4. The summed E-state index contributed by atoms with van der Waals surface area (Å²) in [4.78, 5) is 26.7. The largest absolute Gasteiger partial charge is 0.484 e. The Morgan fingerprint density at radius 3 is 2.26 bits per heavy atom. The summed E-state index contributed by atoms with van der Waals surface area (Å²) in [5, 5.41) is 3.26. The molecule has 1 N–H and O–H groups in total. The molecule has 2 aliphatic rings. The second-order valence-electron chi connectivity index (χ2n) is 7.95. The molecule has 1 aliphatic heterocycles. The second-order valence-corrected chi connectivity index (χ2v) is 7.95. The first kappa shape index (κ1) is 19.7. The maximum Gasteiger partial charge on any atom is 0.260 e. The molecule has 0 unspecified atom stereocenters. The summed E-state index contributed by atoms with van der Waals surface area (Å²) in [5.41, 5.74) is 1.16. The van der Waals surface area contributed by atoms with Gasteiger partial charge in [-0.15, -0.1) is 0 Å². The predicted octanol–water partition coefficient (Wildman–Crippen LogP) is 3.45. The van der Waals surface area contributed by atoms with Crippen LogP contribution in [0.15, 0.2) is 24.3 Å². The third kappa shape index (κ3) is 5.98. The quantitative estimate of drug-likeness (QED) is 0.806. The Bertz CT molecular complexity index is 613. The van der Waals surface area contributed by atoms with Gasteiger partial charge in [0.15, 0.2) is 6.61 Å². The van der Waals surface area contributed by atoms with Crippen LogP contribution in [0.2, 0.25) is 0 Å². The van der Waals surface area contributed by atoms with E-state index in [0.717, 1.165) is 31.2 Å². The fraction of sp³-hybridized carbons (Fsp3) is 0.636. The van der Waals surface area contributed by atoms with Gasteiger partial charge in [0, 0.05) is 25.0 Å². The molecule has 1 aromatic rings. The summed E-state index contributed by atoms with van der Waals surface area (Å²) in [7, 11) is 0. The lowest BCUT2D eigenvalue weighted by Gasteiger charge is -2.32. The highest BCUT2D eigenvalue weighted by Gasteiger charge is 2.28. The monoisotopic (exact) mass is 372 g/mol. The molecule has 5 nitrogen and oxygen atoms in total. The van der Waals surface area contributed by atoms with Crippen molar-refractivity contribution in [2.75, 3.05) is 19.7 Å². The third-order valence-electron chi connectivity index (χ3n) is 5.80. The van der Waals surface area contributed by atoms with Crippen molar-refractivity contribution in [2.45, 2.75) is 64.3 Å². The number of piperidine rings is 1. The Balaban J connectivity index is 1.39. The van der Waals surface area contributed by atoms with Gasteiger partial charge in [0.2, 0.25) is 5.91 Å². The van der Waals surface area contributed by atoms with Crippen molar-refractivity contribution in [2.24, 2.45) is 5.92 Å². The molecule has 0 radical (unpaired) electrons. The molecule has 1 saturated heterocycles. The standard InChI is InChI=1S/C22H32N2O3/c1-17-8-10-20(11-9-17)27-16-21(25)24-14-12-18(13-15-24)22(26)23-19-6-4-2-3-5-7-19/h8-11,18-19H,2-7,12-16H2,1H3,(H,23,26). The number of benzene rings is 1. The zero-order chi connectivity index (χ0) is 19.1. The number of rotatable bonds is 5. The number of likely N-dealkylation sites (tertiary alicyclic amines) is 1. The van der Waals surface area contributed by atoms with E-state index in [9.17, 15) is 9.59 Å². The summed E-state index contributed by atoms with van der Waals surface area (Å²) in [5.74, 6) is 0.935. The normalized spacial score (nSPS) is 19.4. The number of nitrogens with zero attached hydrogens (tertiary/aromatic N) is 1. The first-order valence-electron chi connectivity index (χ1n) is 10.4. The zero-order valence-electron chi connectivity index (χ0n) is 16.4. The van der Waals surface area contributed by atoms with Crippen LogP contribution >= 0.6 is 0 Å². The summed E-state index contributed by atoms with van der Waals surface area (Å²) >= 11 is 0. The molecule has 1 heterocycles. The van der Waals surface area contributed by atoms with Gasteiger partial charge in [-0.05, 0) is 44.7 Å². The number of carbonyl (C=O) groups excluding carboxylic acids is 2. The number of nitrogens with one attached hydrogen (secondary N) is 1. The van der Waals surface area contributed by atoms with Crippen LogP contribution in [0.1, 0.15) is 56.9 Å². The second kappa shape index (κ2) is 9.77. The van der Waals surface area contributed by atoms with Gasteiger partial charge >= 0.3 is 0 Å². The molecule has 27 heavy (non-hydrogen) atoms. The lowest BCUT2D eigenvalue weighted by atomic mass is 9.95. The first-order chi connectivity index (χ1) is 13.1. The molecule has 5 heteroatoms. The predicted molar refractivity (Wildman–Crippen MR) is 106 cm³/mol. The van der Waals surface area contributed by atoms with Crippen molar-refractivity contribution in [1.29, 1.82) is 0 Å². The molecule has 1 aromatic carbocycles. The van der Waals surface area contributed by atoms with E-state index in [4.69, 9.17) is 4.74 Å². The van der Waals surface area contributed by atoms with Crippen molar-refractivity contribution in [3.8, 4) is 5.75 Å². The average Bonchev–Trinajstić information content (AvgIpc) is 2.96. The fourth-order valence-corrected chi connectivity index (χ4v) is 4.00. The van der Waals surface area contributed by atoms with Gasteiger partial charge in [-0.25, -0.2) is 0 Å². The summed E-state index contributed by atoms with van der Waals surface area (Å²) < 4.78 is 5.59. The number of ether oxygens (including phenoxy) is 1. The molecule has 0 spiro atoms. The Morgan fingerprint density at radius 1 is 1.00 bits per heavy atom. The summed E-state index contributed by atoms with van der Waals surface area (Å²) in [6.07, 6.45) is 8.73. The number of aryl methyl sites for hydroxylation is 1. The van der Waals surface area contributed by atoms with E-state index in [-0.39, 0.29) is 24.3 Å². The number of hydrogen-bond acceptors (Lipinski definition) is 3. The lowest BCUT2D eigenvalue weighted by molar-refractivity contribution is -0.137. The van der Waals surface area contributed by atoms with Crippen molar-refractivity contribution < 1.29 is 14.3 Å². The van der Waals surface area contributed by atoms with Crippen molar-refractivity contribution >= 4 is 11.8 Å². The summed E-state index contributed by atoms with van der Waals surface area (Å²) in [6, 6.07) is 8.05. The van der Waals surface area contributed by atoms with Gasteiger partial charge in [0.05, 0.1) is 0 Å². The van der Waals surface area contributed by atoms with Crippen molar-refractivity contribution in [3.05, 3.63) is 29.8 Å². The number of carbonyl (C=O) groups is 2. The molecule has 0 aromatic heterocycles. The third-order valence-corrected chi connectivity index (χ3v) is 5.80. The van der Waals surface area contributed by atoms with Crippen LogP contribution in [-0.2, 0) is 9.59 Å². The smallest absolute Gasteiger partial charge is 0.260 e. The molecule has 1 aliphatic carbocycles. The van der Waals surface area contributed by atoms with Gasteiger partial charge in [-0.3, -0.25) is 9.59 Å². The maximum atomic E-state index is 12.6. The van der Waals surface area contributed by atoms with Crippen LogP contribution in [0.3, 0.4) is 0 Å². The van der Waals surface area contributed by atoms with Gasteiger partial charge in [0.1, 0.15) is 5.75 Å². The van der Waals surface area contributed by atoms with E-state index >= 15 is 0 Å².